The first-order valence-corrected chi connectivity index (χ1v) is 13.4. The summed E-state index contributed by atoms with van der Waals surface area (Å²) >= 11 is 0. The van der Waals surface area contributed by atoms with Gasteiger partial charge in [0.1, 0.15) is 6.54 Å². The zero-order valence-corrected chi connectivity index (χ0v) is 21.7. The fraction of sp³-hybridized carbons (Fsp3) is 0.467. The Morgan fingerprint density at radius 2 is 1.76 bits per heavy atom. The molecule has 2 amide bonds. The van der Waals surface area contributed by atoms with Crippen LogP contribution in [-0.2, 0) is 16.8 Å². The van der Waals surface area contributed by atoms with Crippen LogP contribution in [0.3, 0.4) is 0 Å². The Morgan fingerprint density at radius 3 is 2.50 bits per heavy atom. The van der Waals surface area contributed by atoms with Gasteiger partial charge in [0.25, 0.3) is 5.91 Å². The molecule has 5 rings (SSSR count). The molecule has 2 aromatic rings. The zero-order chi connectivity index (χ0) is 26.9. The summed E-state index contributed by atoms with van der Waals surface area (Å²) in [6.07, 6.45) is 1.36. The second-order valence-electron chi connectivity index (χ2n) is 10.7. The number of benzene rings is 2. The first kappa shape index (κ1) is 26.5. The molecule has 2 aromatic carbocycles. The maximum Gasteiger partial charge on any atom is 0.405 e. The smallest absolute Gasteiger partial charge is 0.346 e. The summed E-state index contributed by atoms with van der Waals surface area (Å²) in [5.74, 6) is -0.445. The van der Waals surface area contributed by atoms with Gasteiger partial charge in [-0.2, -0.15) is 13.2 Å². The SMILES string of the molecule is CC1=Cc2ccccc2C1(CCCCN1CCC(N2Cc3ccccc3C2=O)CC1)C(=O)NCC(F)(F)F. The minimum absolute atomic E-state index is 0.133. The average molecular weight is 526 g/mol. The number of alkyl halides is 3. The van der Waals surface area contributed by atoms with Gasteiger partial charge in [-0.15, -0.1) is 0 Å². The molecule has 38 heavy (non-hydrogen) atoms. The largest absolute Gasteiger partial charge is 0.405 e. The van der Waals surface area contributed by atoms with Gasteiger partial charge in [-0.05, 0) is 61.9 Å². The van der Waals surface area contributed by atoms with E-state index in [0.29, 0.717) is 13.0 Å². The van der Waals surface area contributed by atoms with Crippen molar-refractivity contribution in [3.63, 3.8) is 0 Å². The molecule has 0 aromatic heterocycles. The summed E-state index contributed by atoms with van der Waals surface area (Å²) in [6.45, 7) is 3.88. The molecular formula is C30H34F3N3O2. The quantitative estimate of drug-likeness (QED) is 0.476. The van der Waals surface area contributed by atoms with Crippen LogP contribution in [0.2, 0.25) is 0 Å². The Labute approximate surface area is 221 Å². The van der Waals surface area contributed by atoms with Crippen molar-refractivity contribution in [2.45, 2.75) is 63.2 Å². The van der Waals surface area contributed by atoms with Gasteiger partial charge in [0, 0.05) is 31.2 Å². The van der Waals surface area contributed by atoms with E-state index in [9.17, 15) is 22.8 Å². The Morgan fingerprint density at radius 1 is 1.05 bits per heavy atom. The molecule has 1 saturated heterocycles. The summed E-state index contributed by atoms with van der Waals surface area (Å²) < 4.78 is 38.7. The molecule has 1 N–H and O–H groups in total. The third kappa shape index (κ3) is 5.10. The summed E-state index contributed by atoms with van der Waals surface area (Å²) in [4.78, 5) is 30.5. The summed E-state index contributed by atoms with van der Waals surface area (Å²) in [5, 5.41) is 2.16. The van der Waals surface area contributed by atoms with Gasteiger partial charge < -0.3 is 15.1 Å². The number of carbonyl (C=O) groups excluding carboxylic acids is 2. The van der Waals surface area contributed by atoms with E-state index in [1.807, 2.05) is 66.4 Å². The standard InChI is InChI=1S/C30H34F3N3O2/c1-21-18-22-8-3-5-11-26(22)29(21,28(38)34-20-30(31,32)33)14-6-7-15-35-16-12-24(13-17-35)36-19-23-9-2-4-10-25(23)27(36)37/h2-5,8-11,18,24H,6-7,12-17,19-20H2,1H3,(H,34,38). The Balaban J connectivity index is 1.15. The van der Waals surface area contributed by atoms with Crippen molar-refractivity contribution < 1.29 is 22.8 Å². The van der Waals surface area contributed by atoms with Crippen LogP contribution in [0.15, 0.2) is 54.1 Å². The molecule has 1 atom stereocenters. The van der Waals surface area contributed by atoms with Crippen molar-refractivity contribution in [1.82, 2.24) is 15.1 Å². The van der Waals surface area contributed by atoms with Crippen molar-refractivity contribution in [1.29, 1.82) is 0 Å². The number of hydrogen-bond acceptors (Lipinski definition) is 3. The highest BCUT2D eigenvalue weighted by molar-refractivity contribution is 5.98. The second kappa shape index (κ2) is 10.6. The number of unbranched alkanes of at least 4 members (excludes halogenated alkanes) is 1. The average Bonchev–Trinajstić information content (AvgIpc) is 3.39. The van der Waals surface area contributed by atoms with Gasteiger partial charge in [-0.25, -0.2) is 0 Å². The minimum atomic E-state index is -4.46. The highest BCUT2D eigenvalue weighted by atomic mass is 19.4. The maximum atomic E-state index is 13.3. The van der Waals surface area contributed by atoms with E-state index in [1.54, 1.807) is 0 Å². The van der Waals surface area contributed by atoms with Crippen LogP contribution in [-0.4, -0.2) is 60.0 Å². The topological polar surface area (TPSA) is 52.7 Å². The predicted octanol–water partition coefficient (Wildman–Crippen LogP) is 5.31. The number of carbonyl (C=O) groups is 2. The van der Waals surface area contributed by atoms with Crippen LogP contribution in [0.25, 0.3) is 6.08 Å². The normalized spacial score (nSPS) is 21.8. The lowest BCUT2D eigenvalue weighted by molar-refractivity contribution is -0.141. The van der Waals surface area contributed by atoms with E-state index < -0.39 is 24.0 Å². The Hall–Kier alpha value is -3.13. The second-order valence-corrected chi connectivity index (χ2v) is 10.7. The maximum absolute atomic E-state index is 13.3. The number of halogens is 3. The van der Waals surface area contributed by atoms with Gasteiger partial charge in [0.15, 0.2) is 0 Å². The molecule has 0 bridgehead atoms. The molecule has 8 heteroatoms. The molecule has 0 radical (unpaired) electrons. The minimum Gasteiger partial charge on any atom is -0.346 e. The van der Waals surface area contributed by atoms with Gasteiger partial charge in [-0.3, -0.25) is 9.59 Å². The van der Waals surface area contributed by atoms with E-state index >= 15 is 0 Å². The number of rotatable bonds is 8. The highest BCUT2D eigenvalue weighted by Gasteiger charge is 2.46. The molecule has 2 heterocycles. The van der Waals surface area contributed by atoms with Crippen LogP contribution < -0.4 is 5.32 Å². The summed E-state index contributed by atoms with van der Waals surface area (Å²) in [7, 11) is 0. The van der Waals surface area contributed by atoms with Crippen molar-refractivity contribution in [2.75, 3.05) is 26.2 Å². The third-order valence-electron chi connectivity index (χ3n) is 8.43. The molecule has 0 spiro atoms. The van der Waals surface area contributed by atoms with Crippen molar-refractivity contribution in [3.05, 3.63) is 76.4 Å². The highest BCUT2D eigenvalue weighted by Crippen LogP contribution is 2.45. The number of likely N-dealkylation sites (tertiary alicyclic amines) is 1. The van der Waals surface area contributed by atoms with E-state index in [0.717, 1.165) is 73.1 Å². The number of nitrogens with one attached hydrogen (secondary N) is 1. The van der Waals surface area contributed by atoms with Crippen LogP contribution >= 0.6 is 0 Å². The lowest BCUT2D eigenvalue weighted by Gasteiger charge is -2.37. The monoisotopic (exact) mass is 525 g/mol. The first-order valence-electron chi connectivity index (χ1n) is 13.4. The van der Waals surface area contributed by atoms with Gasteiger partial charge in [0.2, 0.25) is 5.91 Å². The van der Waals surface area contributed by atoms with Gasteiger partial charge in [0.05, 0.1) is 5.41 Å². The predicted molar refractivity (Wildman–Crippen MR) is 140 cm³/mol. The number of fused-ring (bicyclic) bond motifs is 2. The molecular weight excluding hydrogens is 491 g/mol. The molecule has 0 saturated carbocycles. The van der Waals surface area contributed by atoms with Crippen LogP contribution in [0.5, 0.6) is 0 Å². The number of amides is 2. The lowest BCUT2D eigenvalue weighted by Crippen LogP contribution is -2.47. The Bertz CT molecular complexity index is 1230. The van der Waals surface area contributed by atoms with Gasteiger partial charge in [-0.1, -0.05) is 60.5 Å². The third-order valence-corrected chi connectivity index (χ3v) is 8.43. The van der Waals surface area contributed by atoms with E-state index in [2.05, 4.69) is 10.2 Å². The van der Waals surface area contributed by atoms with Gasteiger partial charge >= 0.3 is 6.18 Å². The van der Waals surface area contributed by atoms with Crippen LogP contribution in [0.4, 0.5) is 13.2 Å². The zero-order valence-electron chi connectivity index (χ0n) is 21.7. The molecule has 1 unspecified atom stereocenters. The van der Waals surface area contributed by atoms with Crippen LogP contribution in [0, 0.1) is 0 Å². The van der Waals surface area contributed by atoms with E-state index in [-0.39, 0.29) is 11.9 Å². The summed E-state index contributed by atoms with van der Waals surface area (Å²) in [6, 6.07) is 15.5. The Kier molecular flexibility index (Phi) is 7.36. The number of nitrogens with zero attached hydrogens (tertiary/aromatic N) is 2. The van der Waals surface area contributed by atoms with E-state index in [4.69, 9.17) is 0 Å². The van der Waals surface area contributed by atoms with E-state index in [1.165, 1.54) is 0 Å². The van der Waals surface area contributed by atoms with Crippen molar-refractivity contribution in [3.8, 4) is 0 Å². The lowest BCUT2D eigenvalue weighted by atomic mass is 9.73. The molecule has 1 aliphatic carbocycles. The summed E-state index contributed by atoms with van der Waals surface area (Å²) in [5.41, 5.74) is 3.32. The fourth-order valence-corrected chi connectivity index (χ4v) is 6.41. The molecule has 202 valence electrons. The molecule has 3 aliphatic rings. The number of hydrogen-bond donors (Lipinski definition) is 1. The molecule has 1 fully saturated rings. The van der Waals surface area contributed by atoms with Crippen molar-refractivity contribution in [2.24, 2.45) is 0 Å². The number of piperidine rings is 1. The first-order chi connectivity index (χ1) is 18.2. The molecule has 2 aliphatic heterocycles. The molecule has 5 nitrogen and oxygen atoms in total. The van der Waals surface area contributed by atoms with Crippen molar-refractivity contribution >= 4 is 17.9 Å². The van der Waals surface area contributed by atoms with Crippen LogP contribution in [0.1, 0.15) is 66.1 Å². The fourth-order valence-electron chi connectivity index (χ4n) is 6.41.